The molecule has 29 heteroatoms. The van der Waals surface area contributed by atoms with Crippen molar-refractivity contribution < 1.29 is 68.4 Å². The van der Waals surface area contributed by atoms with E-state index in [4.69, 9.17) is 5.73 Å². The summed E-state index contributed by atoms with van der Waals surface area (Å²) >= 11 is 0. The minimum atomic E-state index is -1.82. The number of aliphatic carboxylic acids is 1. The van der Waals surface area contributed by atoms with E-state index < -0.39 is 138 Å². The number of amides is 9. The van der Waals surface area contributed by atoms with Gasteiger partial charge in [-0.15, -0.1) is 0 Å². The van der Waals surface area contributed by atoms with Crippen molar-refractivity contribution in [2.45, 2.75) is 133 Å². The van der Waals surface area contributed by atoms with Gasteiger partial charge in [0.25, 0.3) is 0 Å². The Labute approximate surface area is 473 Å². The third-order valence-corrected chi connectivity index (χ3v) is 15.2. The number of benzene rings is 2. The number of carbonyl (C=O) groups is 10. The van der Waals surface area contributed by atoms with Crippen LogP contribution >= 0.6 is 21.6 Å². The predicted octanol–water partition coefficient (Wildman–Crippen LogP) is -3.09. The number of carbonyl (C=O) groups excluding carboxylic acids is 9. The molecule has 0 spiro atoms. The Morgan fingerprint density at radius 3 is 1.72 bits per heavy atom. The zero-order chi connectivity index (χ0) is 59.5. The van der Waals surface area contributed by atoms with Crippen LogP contribution in [0.15, 0.2) is 73.3 Å². The summed E-state index contributed by atoms with van der Waals surface area (Å²) in [5, 5.41) is 65.4. The van der Waals surface area contributed by atoms with Gasteiger partial charge in [0.05, 0.1) is 37.2 Å². The second-order valence-electron chi connectivity index (χ2n) is 19.9. The fraction of sp³-hybridized carbons (Fsp3) is 0.481. The SMILES string of the molecule is CC(C)CC1NC(=O)C(C(C)O)NC(=O)C(Cc2ccccc2)NC(=O)CNC(=O)C(Cc2c[nH]c3ccccc23)NC(=O)C(Cc2cnc[nH]2)NC(=O)C(C(C)O)NC(=O)C(C(C)O)NC(=O)C(N)CSSCC(C(=O)O)NC1=O. The lowest BCUT2D eigenvalue weighted by atomic mass is 10.0. The highest BCUT2D eigenvalue weighted by atomic mass is 33.1. The zero-order valence-electron chi connectivity index (χ0n) is 45.1. The Bertz CT molecular complexity index is 2820. The van der Waals surface area contributed by atoms with Gasteiger partial charge in [-0.3, -0.25) is 43.2 Å². The highest BCUT2D eigenvalue weighted by Crippen LogP contribution is 2.23. The largest absolute Gasteiger partial charge is 0.480 e. The first-order valence-electron chi connectivity index (χ1n) is 25.9. The number of nitrogens with one attached hydrogen (secondary N) is 11. The molecule has 3 heterocycles. The average molecular weight is 1170 g/mol. The summed E-state index contributed by atoms with van der Waals surface area (Å²) in [6.45, 7) is 6.22. The molecule has 2 aromatic carbocycles. The molecule has 81 heavy (non-hydrogen) atoms. The summed E-state index contributed by atoms with van der Waals surface area (Å²) in [6, 6.07) is 1.42. The molecule has 440 valence electrons. The number of carboxylic acids is 1. The summed E-state index contributed by atoms with van der Waals surface area (Å²) in [7, 11) is 1.84. The maximum atomic E-state index is 14.5. The topological polar surface area (TPSA) is 430 Å². The molecule has 1 aliphatic rings. The monoisotopic (exact) mass is 1170 g/mol. The number of H-pyrrole nitrogens is 2. The van der Waals surface area contributed by atoms with Crippen LogP contribution < -0.4 is 53.6 Å². The smallest absolute Gasteiger partial charge is 0.327 e. The Hall–Kier alpha value is -7.57. The summed E-state index contributed by atoms with van der Waals surface area (Å²) in [5.41, 5.74) is 8.27. The van der Waals surface area contributed by atoms with E-state index in [0.717, 1.165) is 35.4 Å². The average Bonchev–Trinajstić information content (AvgIpc) is 4.11. The van der Waals surface area contributed by atoms with E-state index in [-0.39, 0.29) is 43.1 Å². The van der Waals surface area contributed by atoms with E-state index in [1.165, 1.54) is 19.4 Å². The summed E-state index contributed by atoms with van der Waals surface area (Å²) in [6.07, 6.45) is -1.20. The number of fused-ring (bicyclic) bond motifs is 1. The van der Waals surface area contributed by atoms with E-state index in [9.17, 15) is 68.4 Å². The molecule has 0 bridgehead atoms. The molecule has 4 aromatic rings. The zero-order valence-corrected chi connectivity index (χ0v) is 46.7. The van der Waals surface area contributed by atoms with Crippen LogP contribution in [0.2, 0.25) is 0 Å². The number of aromatic nitrogens is 3. The van der Waals surface area contributed by atoms with Crippen molar-refractivity contribution >= 4 is 91.6 Å². The molecule has 1 fully saturated rings. The predicted molar refractivity (Wildman–Crippen MR) is 298 cm³/mol. The van der Waals surface area contributed by atoms with E-state index in [0.29, 0.717) is 27.7 Å². The molecule has 12 unspecified atom stereocenters. The molecule has 27 nitrogen and oxygen atoms in total. The third-order valence-electron chi connectivity index (χ3n) is 12.7. The van der Waals surface area contributed by atoms with Crippen molar-refractivity contribution in [1.29, 1.82) is 0 Å². The number of hydrogen-bond donors (Lipinski definition) is 16. The molecule has 0 saturated carbocycles. The first-order chi connectivity index (χ1) is 38.4. The molecule has 12 atom stereocenters. The van der Waals surface area contributed by atoms with Gasteiger partial charge in [0.15, 0.2) is 0 Å². The Kier molecular flexibility index (Phi) is 24.5. The van der Waals surface area contributed by atoms with Gasteiger partial charge < -0.3 is 84.0 Å². The number of imidazole rings is 1. The highest BCUT2D eigenvalue weighted by molar-refractivity contribution is 8.76. The standard InChI is InChI=1S/C52H71N13O14S2/c1-25(2)15-35-46(72)62-39(52(78)79)23-81-80-22-33(53)44(70)63-43(28(5)68)51(77)65-42(27(4)67)50(76)61-38(18-31-20-54-24-57-31)47(73)59-37(17-30-19-55-34-14-10-9-13-32(30)34)45(71)56-21-40(69)58-36(16-29-11-7-6-8-12-29)48(74)64-41(26(3)66)49(75)60-35/h6-14,19-20,24-28,33,35-39,41-43,55,66-68H,15-18,21-23,53H2,1-5H3,(H,54,57)(H,56,71)(H,58,69)(H,59,73)(H,60,75)(H,61,76)(H,62,72)(H,63,70)(H,64,74)(H,65,77)(H,78,79). The Morgan fingerprint density at radius 2 is 1.11 bits per heavy atom. The van der Waals surface area contributed by atoms with Crippen LogP contribution in [0, 0.1) is 5.92 Å². The first-order valence-corrected chi connectivity index (χ1v) is 28.4. The minimum absolute atomic E-state index is 0.0227. The molecule has 0 aliphatic carbocycles. The number of rotatable bonds is 12. The molecule has 1 saturated heterocycles. The van der Waals surface area contributed by atoms with Crippen LogP contribution in [0.1, 0.15) is 57.9 Å². The lowest BCUT2D eigenvalue weighted by molar-refractivity contribution is -0.142. The van der Waals surface area contributed by atoms with E-state index in [2.05, 4.69) is 62.8 Å². The van der Waals surface area contributed by atoms with Gasteiger partial charge in [0, 0.05) is 59.8 Å². The number of nitrogens with zero attached hydrogens (tertiary/aromatic N) is 1. The van der Waals surface area contributed by atoms with Gasteiger partial charge in [-0.1, -0.05) is 84.0 Å². The number of hydrogen-bond acceptors (Lipinski definition) is 17. The van der Waals surface area contributed by atoms with E-state index in [1.807, 2.05) is 0 Å². The molecule has 0 radical (unpaired) electrons. The van der Waals surface area contributed by atoms with Crippen LogP contribution in [0.25, 0.3) is 10.9 Å². The van der Waals surface area contributed by atoms with Crippen molar-refractivity contribution in [3.05, 3.63) is 90.1 Å². The molecule has 17 N–H and O–H groups in total. The summed E-state index contributed by atoms with van der Waals surface area (Å²) in [5.74, 6) is -11.1. The van der Waals surface area contributed by atoms with Gasteiger partial charge in [0.1, 0.15) is 48.3 Å². The van der Waals surface area contributed by atoms with Crippen molar-refractivity contribution in [2.24, 2.45) is 11.7 Å². The maximum absolute atomic E-state index is 14.5. The highest BCUT2D eigenvalue weighted by Gasteiger charge is 2.38. The second-order valence-corrected chi connectivity index (χ2v) is 22.5. The number of para-hydroxylation sites is 1. The molecule has 9 amide bonds. The lowest BCUT2D eigenvalue weighted by Gasteiger charge is -2.28. The van der Waals surface area contributed by atoms with Crippen molar-refractivity contribution in [1.82, 2.24) is 62.8 Å². The number of carboxylic acid groups (broad SMARTS) is 1. The van der Waals surface area contributed by atoms with E-state index in [1.54, 1.807) is 74.6 Å². The van der Waals surface area contributed by atoms with Gasteiger partial charge in [0.2, 0.25) is 53.2 Å². The maximum Gasteiger partial charge on any atom is 0.327 e. The quantitative estimate of drug-likeness (QED) is 0.0625. The Morgan fingerprint density at radius 1 is 0.593 bits per heavy atom. The number of nitrogens with two attached hydrogens (primary N) is 1. The fourth-order valence-corrected chi connectivity index (χ4v) is 10.7. The van der Waals surface area contributed by atoms with Crippen molar-refractivity contribution in [3.63, 3.8) is 0 Å². The number of aliphatic hydroxyl groups is 3. The van der Waals surface area contributed by atoms with Gasteiger partial charge in [-0.05, 0) is 50.3 Å². The van der Waals surface area contributed by atoms with Gasteiger partial charge >= 0.3 is 5.97 Å². The van der Waals surface area contributed by atoms with Gasteiger partial charge in [-0.2, -0.15) is 0 Å². The number of aromatic amines is 2. The van der Waals surface area contributed by atoms with Crippen molar-refractivity contribution in [3.8, 4) is 0 Å². The van der Waals surface area contributed by atoms with Crippen LogP contribution in [0.3, 0.4) is 0 Å². The lowest BCUT2D eigenvalue weighted by Crippen LogP contribution is -2.63. The fourth-order valence-electron chi connectivity index (χ4n) is 8.38. The number of aliphatic hydroxyl groups excluding tert-OH is 3. The van der Waals surface area contributed by atoms with Gasteiger partial charge in [-0.25, -0.2) is 9.78 Å². The van der Waals surface area contributed by atoms with Crippen LogP contribution in [-0.4, -0.2) is 185 Å². The van der Waals surface area contributed by atoms with Crippen molar-refractivity contribution in [2.75, 3.05) is 18.1 Å². The summed E-state index contributed by atoms with van der Waals surface area (Å²) in [4.78, 5) is 148. The summed E-state index contributed by atoms with van der Waals surface area (Å²) < 4.78 is 0. The molecule has 1 aliphatic heterocycles. The molecular weight excluding hydrogens is 1090 g/mol. The third kappa shape index (κ3) is 19.6. The Balaban J connectivity index is 1.51. The molecule has 5 rings (SSSR count). The van der Waals surface area contributed by atoms with Crippen LogP contribution in [-0.2, 0) is 67.2 Å². The minimum Gasteiger partial charge on any atom is -0.480 e. The van der Waals surface area contributed by atoms with Crippen LogP contribution in [0.4, 0.5) is 0 Å². The molecule has 2 aromatic heterocycles. The first kappa shape index (κ1) is 64.3. The van der Waals surface area contributed by atoms with E-state index >= 15 is 0 Å². The second kappa shape index (κ2) is 30.9. The van der Waals surface area contributed by atoms with Crippen LogP contribution in [0.5, 0.6) is 0 Å². The normalized spacial score (nSPS) is 25.6. The molecular formula is C52H71N13O14S2.